The van der Waals surface area contributed by atoms with Crippen LogP contribution < -0.4 is 0 Å². The third-order valence-corrected chi connectivity index (χ3v) is 4.15. The first-order valence-electron chi connectivity index (χ1n) is 8.46. The molecule has 0 aliphatic heterocycles. The maximum atomic E-state index is 12.5. The SMILES string of the molecule is C=C(O)CC(O)(CC)CCOC(=O)C(CC(C)(C)C)C(C)(C)C. The van der Waals surface area contributed by atoms with Crippen LogP contribution in [0.2, 0.25) is 0 Å². The average molecular weight is 328 g/mol. The molecule has 2 atom stereocenters. The Bertz CT molecular complexity index is 401. The number of ether oxygens (including phenoxy) is 1. The molecule has 0 aromatic rings. The minimum atomic E-state index is -1.08. The average Bonchev–Trinajstić information content (AvgIpc) is 2.32. The summed E-state index contributed by atoms with van der Waals surface area (Å²) in [7, 11) is 0. The molecular formula is C19H36O4. The Hall–Kier alpha value is -1.03. The van der Waals surface area contributed by atoms with Crippen LogP contribution >= 0.6 is 0 Å². The number of aliphatic hydroxyl groups excluding tert-OH is 1. The van der Waals surface area contributed by atoms with Crippen molar-refractivity contribution in [2.24, 2.45) is 16.7 Å². The van der Waals surface area contributed by atoms with E-state index in [4.69, 9.17) is 4.74 Å². The van der Waals surface area contributed by atoms with E-state index in [1.807, 2.05) is 27.7 Å². The molecule has 0 radical (unpaired) electrons. The fourth-order valence-corrected chi connectivity index (χ4v) is 2.57. The normalized spacial score (nSPS) is 16.5. The van der Waals surface area contributed by atoms with E-state index < -0.39 is 5.60 Å². The van der Waals surface area contributed by atoms with Crippen molar-refractivity contribution in [1.82, 2.24) is 0 Å². The molecule has 0 aliphatic carbocycles. The first-order chi connectivity index (χ1) is 10.2. The first-order valence-corrected chi connectivity index (χ1v) is 8.46. The molecule has 4 heteroatoms. The Morgan fingerprint density at radius 3 is 2.04 bits per heavy atom. The highest BCUT2D eigenvalue weighted by Gasteiger charge is 2.36. The zero-order chi connectivity index (χ0) is 18.5. The van der Waals surface area contributed by atoms with Gasteiger partial charge in [-0.2, -0.15) is 0 Å². The second-order valence-electron chi connectivity index (χ2n) is 8.92. The van der Waals surface area contributed by atoms with E-state index in [9.17, 15) is 15.0 Å². The predicted molar refractivity (Wildman–Crippen MR) is 94.2 cm³/mol. The lowest BCUT2D eigenvalue weighted by atomic mass is 9.72. The van der Waals surface area contributed by atoms with E-state index in [1.54, 1.807) is 0 Å². The summed E-state index contributed by atoms with van der Waals surface area (Å²) >= 11 is 0. The van der Waals surface area contributed by atoms with Crippen molar-refractivity contribution in [1.29, 1.82) is 0 Å². The van der Waals surface area contributed by atoms with Gasteiger partial charge in [-0.3, -0.25) is 4.79 Å². The van der Waals surface area contributed by atoms with Crippen LogP contribution in [-0.2, 0) is 9.53 Å². The largest absolute Gasteiger partial charge is 0.513 e. The maximum Gasteiger partial charge on any atom is 0.309 e. The van der Waals surface area contributed by atoms with Gasteiger partial charge >= 0.3 is 5.97 Å². The molecule has 0 saturated carbocycles. The van der Waals surface area contributed by atoms with Crippen molar-refractivity contribution in [2.75, 3.05) is 6.61 Å². The van der Waals surface area contributed by atoms with E-state index in [0.29, 0.717) is 12.8 Å². The molecule has 2 unspecified atom stereocenters. The number of esters is 1. The number of carbonyl (C=O) groups excluding carboxylic acids is 1. The summed E-state index contributed by atoms with van der Waals surface area (Å²) in [4.78, 5) is 12.5. The smallest absolute Gasteiger partial charge is 0.309 e. The summed E-state index contributed by atoms with van der Waals surface area (Å²) in [5, 5.41) is 19.7. The molecule has 0 aliphatic rings. The van der Waals surface area contributed by atoms with Crippen molar-refractivity contribution in [3.05, 3.63) is 12.3 Å². The molecule has 4 nitrogen and oxygen atoms in total. The molecule has 0 aromatic heterocycles. The third kappa shape index (κ3) is 8.99. The zero-order valence-corrected chi connectivity index (χ0v) is 16.0. The Morgan fingerprint density at radius 2 is 1.70 bits per heavy atom. The molecule has 0 fully saturated rings. The monoisotopic (exact) mass is 328 g/mol. The van der Waals surface area contributed by atoms with Gasteiger partial charge in [0.2, 0.25) is 0 Å². The van der Waals surface area contributed by atoms with Crippen LogP contribution in [0, 0.1) is 16.7 Å². The quantitative estimate of drug-likeness (QED) is 0.504. The fraction of sp³-hybridized carbons (Fsp3) is 0.842. The topological polar surface area (TPSA) is 66.8 Å². The van der Waals surface area contributed by atoms with Crippen molar-refractivity contribution in [3.8, 4) is 0 Å². The van der Waals surface area contributed by atoms with Crippen molar-refractivity contribution in [3.63, 3.8) is 0 Å². The first kappa shape index (κ1) is 22.0. The molecule has 23 heavy (non-hydrogen) atoms. The van der Waals surface area contributed by atoms with Crippen molar-refractivity contribution in [2.45, 2.75) is 79.8 Å². The van der Waals surface area contributed by atoms with Gasteiger partial charge in [-0.05, 0) is 23.7 Å². The van der Waals surface area contributed by atoms with Crippen LogP contribution in [0.25, 0.3) is 0 Å². The van der Waals surface area contributed by atoms with Crippen LogP contribution in [0.5, 0.6) is 0 Å². The van der Waals surface area contributed by atoms with E-state index >= 15 is 0 Å². The van der Waals surface area contributed by atoms with Crippen LogP contribution in [-0.4, -0.2) is 28.4 Å². The summed E-state index contributed by atoms with van der Waals surface area (Å²) in [5.74, 6) is -0.459. The Balaban J connectivity index is 4.74. The summed E-state index contributed by atoms with van der Waals surface area (Å²) in [5.41, 5.74) is -1.21. The minimum absolute atomic E-state index is 0.0375. The highest BCUT2D eigenvalue weighted by molar-refractivity contribution is 5.73. The van der Waals surface area contributed by atoms with Crippen LogP contribution in [0.15, 0.2) is 12.3 Å². The summed E-state index contributed by atoms with van der Waals surface area (Å²) in [6.45, 7) is 17.9. The van der Waals surface area contributed by atoms with Gasteiger partial charge in [-0.1, -0.05) is 55.0 Å². The van der Waals surface area contributed by atoms with Gasteiger partial charge in [0.1, 0.15) is 0 Å². The van der Waals surface area contributed by atoms with Crippen LogP contribution in [0.1, 0.15) is 74.1 Å². The molecule has 0 bridgehead atoms. The second kappa shape index (κ2) is 8.18. The number of hydrogen-bond acceptors (Lipinski definition) is 4. The van der Waals surface area contributed by atoms with E-state index in [1.165, 1.54) is 0 Å². The molecule has 0 aromatic carbocycles. The zero-order valence-electron chi connectivity index (χ0n) is 16.0. The van der Waals surface area contributed by atoms with Gasteiger partial charge in [0.05, 0.1) is 23.9 Å². The van der Waals surface area contributed by atoms with Gasteiger partial charge in [0.25, 0.3) is 0 Å². The Morgan fingerprint density at radius 1 is 1.17 bits per heavy atom. The van der Waals surface area contributed by atoms with E-state index in [2.05, 4.69) is 27.4 Å². The van der Waals surface area contributed by atoms with Crippen molar-refractivity contribution >= 4 is 5.97 Å². The summed E-state index contributed by atoms with van der Waals surface area (Å²) in [6.07, 6.45) is 1.61. The molecule has 2 N–H and O–H groups in total. The maximum absolute atomic E-state index is 12.5. The lowest BCUT2D eigenvalue weighted by Gasteiger charge is -2.34. The number of hydrogen-bond donors (Lipinski definition) is 2. The molecule has 136 valence electrons. The number of carbonyl (C=O) groups is 1. The van der Waals surface area contributed by atoms with Crippen LogP contribution in [0.3, 0.4) is 0 Å². The lowest BCUT2D eigenvalue weighted by Crippen LogP contribution is -2.35. The standard InChI is InChI=1S/C19H36O4/c1-9-19(22,12-14(2)20)10-11-23-16(21)15(18(6,7)8)13-17(3,4)5/h15,20,22H,2,9-13H2,1,3-8H3. The molecule has 0 heterocycles. The molecular weight excluding hydrogens is 292 g/mol. The number of rotatable bonds is 8. The lowest BCUT2D eigenvalue weighted by molar-refractivity contribution is -0.155. The van der Waals surface area contributed by atoms with Gasteiger partial charge in [0, 0.05) is 12.8 Å². The fourth-order valence-electron chi connectivity index (χ4n) is 2.57. The molecule has 0 amide bonds. The summed E-state index contributed by atoms with van der Waals surface area (Å²) < 4.78 is 5.45. The van der Waals surface area contributed by atoms with Gasteiger partial charge in [-0.15, -0.1) is 0 Å². The Labute approximate surface area is 141 Å². The van der Waals surface area contributed by atoms with Gasteiger partial charge in [0.15, 0.2) is 0 Å². The van der Waals surface area contributed by atoms with Crippen molar-refractivity contribution < 1.29 is 19.7 Å². The minimum Gasteiger partial charge on any atom is -0.513 e. The van der Waals surface area contributed by atoms with E-state index in [-0.39, 0.29) is 41.5 Å². The molecule has 0 spiro atoms. The highest BCUT2D eigenvalue weighted by atomic mass is 16.5. The molecule has 0 saturated heterocycles. The molecule has 0 rings (SSSR count). The predicted octanol–water partition coefficient (Wildman–Crippen LogP) is 4.62. The summed E-state index contributed by atoms with van der Waals surface area (Å²) in [6, 6.07) is 0. The second-order valence-corrected chi connectivity index (χ2v) is 8.92. The Kier molecular flexibility index (Phi) is 7.82. The van der Waals surface area contributed by atoms with Gasteiger partial charge < -0.3 is 14.9 Å². The van der Waals surface area contributed by atoms with Crippen LogP contribution in [0.4, 0.5) is 0 Å². The number of aliphatic hydroxyl groups is 2. The van der Waals surface area contributed by atoms with E-state index in [0.717, 1.165) is 6.42 Å². The van der Waals surface area contributed by atoms with Gasteiger partial charge in [-0.25, -0.2) is 0 Å². The third-order valence-electron chi connectivity index (χ3n) is 4.15. The highest BCUT2D eigenvalue weighted by Crippen LogP contribution is 2.37.